The molecule has 1 aliphatic carbocycles. The van der Waals surface area contributed by atoms with E-state index in [9.17, 15) is 9.59 Å². The van der Waals surface area contributed by atoms with Crippen LogP contribution in [0.15, 0.2) is 42.5 Å². The van der Waals surface area contributed by atoms with Crippen molar-refractivity contribution >= 4 is 17.5 Å². The molecule has 1 heterocycles. The Balaban J connectivity index is 1.48. The van der Waals surface area contributed by atoms with Gasteiger partial charge in [-0.1, -0.05) is 37.5 Å². The Bertz CT molecular complexity index is 851. The van der Waals surface area contributed by atoms with E-state index in [4.69, 9.17) is 0 Å². The van der Waals surface area contributed by atoms with Gasteiger partial charge in [0.2, 0.25) is 5.91 Å². The summed E-state index contributed by atoms with van der Waals surface area (Å²) in [5.74, 6) is 0.120. The van der Waals surface area contributed by atoms with Crippen LogP contribution in [0.2, 0.25) is 0 Å². The molecule has 27 heavy (non-hydrogen) atoms. The first-order valence-corrected chi connectivity index (χ1v) is 9.94. The van der Waals surface area contributed by atoms with Crippen LogP contribution in [0.1, 0.15) is 54.9 Å². The molecular formula is C23H26N2O2. The summed E-state index contributed by atoms with van der Waals surface area (Å²) in [6.07, 6.45) is 6.79. The number of anilines is 1. The summed E-state index contributed by atoms with van der Waals surface area (Å²) in [6, 6.07) is 14.4. The minimum Gasteiger partial charge on any atom is -0.349 e. The molecule has 2 aromatic rings. The average Bonchev–Trinajstić information content (AvgIpc) is 3.12. The molecule has 1 aliphatic heterocycles. The Labute approximate surface area is 160 Å². The van der Waals surface area contributed by atoms with Crippen LogP contribution in [0.3, 0.4) is 0 Å². The summed E-state index contributed by atoms with van der Waals surface area (Å²) in [7, 11) is 0. The van der Waals surface area contributed by atoms with Crippen molar-refractivity contribution in [3.05, 3.63) is 53.6 Å². The number of carbonyl (C=O) groups excluding carboxylic acids is 2. The lowest BCUT2D eigenvalue weighted by Crippen LogP contribution is -2.36. The van der Waals surface area contributed by atoms with Gasteiger partial charge in [-0.25, -0.2) is 0 Å². The zero-order chi connectivity index (χ0) is 18.8. The topological polar surface area (TPSA) is 49.4 Å². The Kier molecular flexibility index (Phi) is 4.97. The van der Waals surface area contributed by atoms with Gasteiger partial charge in [-0.15, -0.1) is 0 Å². The SMILES string of the molecule is CC(=O)N1CCc2cc(-c3ccc(C(=O)NC4CCCCC4)cc3)ccc21. The fourth-order valence-electron chi connectivity index (χ4n) is 4.24. The minimum absolute atomic E-state index is 0.0273. The molecule has 4 rings (SSSR count). The first kappa shape index (κ1) is 17.8. The van der Waals surface area contributed by atoms with Crippen LogP contribution in [-0.2, 0) is 11.2 Å². The molecule has 0 bridgehead atoms. The zero-order valence-electron chi connectivity index (χ0n) is 15.8. The number of nitrogens with one attached hydrogen (secondary N) is 1. The van der Waals surface area contributed by atoms with Gasteiger partial charge < -0.3 is 10.2 Å². The molecular weight excluding hydrogens is 336 g/mol. The van der Waals surface area contributed by atoms with Gasteiger partial charge >= 0.3 is 0 Å². The second-order valence-corrected chi connectivity index (χ2v) is 7.65. The largest absolute Gasteiger partial charge is 0.349 e. The second kappa shape index (κ2) is 7.55. The predicted molar refractivity (Wildman–Crippen MR) is 108 cm³/mol. The third-order valence-electron chi connectivity index (χ3n) is 5.78. The molecule has 1 fully saturated rings. The summed E-state index contributed by atoms with van der Waals surface area (Å²) in [4.78, 5) is 26.0. The number of carbonyl (C=O) groups is 2. The monoisotopic (exact) mass is 362 g/mol. The first-order valence-electron chi connectivity index (χ1n) is 9.94. The highest BCUT2D eigenvalue weighted by molar-refractivity contribution is 5.95. The number of amides is 2. The van der Waals surface area contributed by atoms with Crippen LogP contribution in [0.4, 0.5) is 5.69 Å². The van der Waals surface area contributed by atoms with E-state index in [-0.39, 0.29) is 11.8 Å². The van der Waals surface area contributed by atoms with Crippen molar-refractivity contribution in [2.45, 2.75) is 51.5 Å². The summed E-state index contributed by atoms with van der Waals surface area (Å²) >= 11 is 0. The summed E-state index contributed by atoms with van der Waals surface area (Å²) < 4.78 is 0. The van der Waals surface area contributed by atoms with Crippen molar-refractivity contribution in [2.24, 2.45) is 0 Å². The van der Waals surface area contributed by atoms with E-state index in [2.05, 4.69) is 17.4 Å². The smallest absolute Gasteiger partial charge is 0.251 e. The normalized spacial score (nSPS) is 16.9. The van der Waals surface area contributed by atoms with E-state index < -0.39 is 0 Å². The molecule has 0 aromatic heterocycles. The maximum absolute atomic E-state index is 12.5. The number of hydrogen-bond donors (Lipinski definition) is 1. The van der Waals surface area contributed by atoms with Gasteiger partial charge in [0.1, 0.15) is 0 Å². The number of nitrogens with zero attached hydrogens (tertiary/aromatic N) is 1. The van der Waals surface area contributed by atoms with Crippen LogP contribution >= 0.6 is 0 Å². The first-order chi connectivity index (χ1) is 13.1. The highest BCUT2D eigenvalue weighted by Gasteiger charge is 2.22. The maximum Gasteiger partial charge on any atom is 0.251 e. The van der Waals surface area contributed by atoms with Crippen molar-refractivity contribution in [3.63, 3.8) is 0 Å². The molecule has 140 valence electrons. The van der Waals surface area contributed by atoms with E-state index in [1.54, 1.807) is 6.92 Å². The molecule has 0 atom stereocenters. The van der Waals surface area contributed by atoms with Gasteiger partial charge in [-0.2, -0.15) is 0 Å². The summed E-state index contributed by atoms with van der Waals surface area (Å²) in [5.41, 5.74) is 5.16. The van der Waals surface area contributed by atoms with Crippen molar-refractivity contribution in [1.82, 2.24) is 5.32 Å². The second-order valence-electron chi connectivity index (χ2n) is 7.65. The molecule has 2 amide bonds. The van der Waals surface area contributed by atoms with Gasteiger partial charge in [-0.05, 0) is 60.2 Å². The lowest BCUT2D eigenvalue weighted by Gasteiger charge is -2.22. The third-order valence-corrected chi connectivity index (χ3v) is 5.78. The van der Waals surface area contributed by atoms with Crippen molar-refractivity contribution in [1.29, 1.82) is 0 Å². The van der Waals surface area contributed by atoms with Crippen molar-refractivity contribution in [3.8, 4) is 11.1 Å². The van der Waals surface area contributed by atoms with Crippen LogP contribution < -0.4 is 10.2 Å². The number of rotatable bonds is 3. The zero-order valence-corrected chi connectivity index (χ0v) is 15.8. The van der Waals surface area contributed by atoms with Crippen LogP contribution in [0.25, 0.3) is 11.1 Å². The Hall–Kier alpha value is -2.62. The van der Waals surface area contributed by atoms with Crippen LogP contribution in [0.5, 0.6) is 0 Å². The van der Waals surface area contributed by atoms with Gasteiger partial charge in [0, 0.05) is 30.8 Å². The van der Waals surface area contributed by atoms with E-state index in [0.29, 0.717) is 11.6 Å². The number of benzene rings is 2. The van der Waals surface area contributed by atoms with Crippen molar-refractivity contribution in [2.75, 3.05) is 11.4 Å². The quantitative estimate of drug-likeness (QED) is 0.884. The van der Waals surface area contributed by atoms with E-state index in [1.807, 2.05) is 35.2 Å². The van der Waals surface area contributed by atoms with E-state index in [1.165, 1.54) is 24.8 Å². The van der Waals surface area contributed by atoms with E-state index >= 15 is 0 Å². The molecule has 0 unspecified atom stereocenters. The number of fused-ring (bicyclic) bond motifs is 1. The van der Waals surface area contributed by atoms with Gasteiger partial charge in [0.05, 0.1) is 0 Å². The van der Waals surface area contributed by atoms with Crippen LogP contribution in [-0.4, -0.2) is 24.4 Å². The lowest BCUT2D eigenvalue weighted by atomic mass is 9.95. The Morgan fingerprint density at radius 3 is 2.37 bits per heavy atom. The molecule has 1 saturated carbocycles. The molecule has 0 spiro atoms. The molecule has 0 radical (unpaired) electrons. The third kappa shape index (κ3) is 3.75. The fraction of sp³-hybridized carbons (Fsp3) is 0.391. The molecule has 4 heteroatoms. The molecule has 4 nitrogen and oxygen atoms in total. The molecule has 1 N–H and O–H groups in total. The molecule has 2 aromatic carbocycles. The van der Waals surface area contributed by atoms with Gasteiger partial charge in [0.25, 0.3) is 5.91 Å². The Morgan fingerprint density at radius 2 is 1.67 bits per heavy atom. The Morgan fingerprint density at radius 1 is 0.963 bits per heavy atom. The minimum atomic E-state index is 0.0273. The molecule has 0 saturated heterocycles. The molecule has 2 aliphatic rings. The summed E-state index contributed by atoms with van der Waals surface area (Å²) in [6.45, 7) is 2.37. The fourth-order valence-corrected chi connectivity index (χ4v) is 4.24. The predicted octanol–water partition coefficient (Wildman–Crippen LogP) is 4.33. The average molecular weight is 362 g/mol. The highest BCUT2D eigenvalue weighted by atomic mass is 16.2. The van der Waals surface area contributed by atoms with Gasteiger partial charge in [-0.3, -0.25) is 9.59 Å². The maximum atomic E-state index is 12.5. The lowest BCUT2D eigenvalue weighted by molar-refractivity contribution is -0.116. The highest BCUT2D eigenvalue weighted by Crippen LogP contribution is 2.32. The standard InChI is InChI=1S/C23H26N2O2/c1-16(26)25-14-13-20-15-19(11-12-22(20)25)17-7-9-18(10-8-17)23(27)24-21-5-3-2-4-6-21/h7-12,15,21H,2-6,13-14H2,1H3,(H,24,27). The van der Waals surface area contributed by atoms with Gasteiger partial charge in [0.15, 0.2) is 0 Å². The van der Waals surface area contributed by atoms with Crippen molar-refractivity contribution < 1.29 is 9.59 Å². The van der Waals surface area contributed by atoms with E-state index in [0.717, 1.165) is 42.6 Å². The van der Waals surface area contributed by atoms with Crippen LogP contribution in [0, 0.1) is 0 Å². The summed E-state index contributed by atoms with van der Waals surface area (Å²) in [5, 5.41) is 3.17. The number of hydrogen-bond acceptors (Lipinski definition) is 2.